The van der Waals surface area contributed by atoms with Crippen molar-refractivity contribution in [2.24, 2.45) is 5.73 Å². The highest BCUT2D eigenvalue weighted by Crippen LogP contribution is 2.26. The van der Waals surface area contributed by atoms with Crippen molar-refractivity contribution in [1.29, 1.82) is 0 Å². The van der Waals surface area contributed by atoms with Gasteiger partial charge in [0.25, 0.3) is 0 Å². The van der Waals surface area contributed by atoms with Crippen LogP contribution in [0.2, 0.25) is 0 Å². The molecule has 3 nitrogen and oxygen atoms in total. The molecular formula is C15H14F2N2O. The van der Waals surface area contributed by atoms with Crippen LogP contribution in [-0.2, 0) is 4.79 Å². The van der Waals surface area contributed by atoms with Crippen molar-refractivity contribution in [2.45, 2.75) is 6.04 Å². The van der Waals surface area contributed by atoms with Gasteiger partial charge in [-0.2, -0.15) is 0 Å². The molecule has 2 aromatic rings. The van der Waals surface area contributed by atoms with Crippen molar-refractivity contribution in [3.8, 4) is 0 Å². The van der Waals surface area contributed by atoms with E-state index >= 15 is 0 Å². The van der Waals surface area contributed by atoms with Gasteiger partial charge in [-0.15, -0.1) is 0 Å². The first-order valence-electron chi connectivity index (χ1n) is 6.10. The summed E-state index contributed by atoms with van der Waals surface area (Å²) in [6.07, 6.45) is 0. The van der Waals surface area contributed by atoms with Gasteiger partial charge in [0.15, 0.2) is 0 Å². The second-order valence-electron chi connectivity index (χ2n) is 4.32. The Bertz CT molecular complexity index is 571. The lowest BCUT2D eigenvalue weighted by molar-refractivity contribution is -0.117. The minimum Gasteiger partial charge on any atom is -0.369 e. The fourth-order valence-electron chi connectivity index (χ4n) is 2.01. The number of carbonyl (C=O) groups is 1. The van der Waals surface area contributed by atoms with Gasteiger partial charge in [0.1, 0.15) is 11.6 Å². The monoisotopic (exact) mass is 276 g/mol. The van der Waals surface area contributed by atoms with Crippen molar-refractivity contribution in [3.63, 3.8) is 0 Å². The zero-order chi connectivity index (χ0) is 14.5. The highest BCUT2D eigenvalue weighted by molar-refractivity contribution is 5.76. The summed E-state index contributed by atoms with van der Waals surface area (Å²) < 4.78 is 27.8. The molecule has 0 atom stereocenters. The van der Waals surface area contributed by atoms with E-state index in [4.69, 9.17) is 5.73 Å². The van der Waals surface area contributed by atoms with Gasteiger partial charge in [-0.25, -0.2) is 8.78 Å². The molecule has 0 saturated carbocycles. The van der Waals surface area contributed by atoms with Crippen LogP contribution in [-0.4, -0.2) is 12.5 Å². The van der Waals surface area contributed by atoms with Crippen LogP contribution in [0, 0.1) is 11.6 Å². The number of nitrogens with two attached hydrogens (primary N) is 1. The Morgan fingerprint density at radius 1 is 1.00 bits per heavy atom. The maximum absolute atomic E-state index is 13.9. The van der Waals surface area contributed by atoms with Crippen LogP contribution >= 0.6 is 0 Å². The Hall–Kier alpha value is -2.27. The summed E-state index contributed by atoms with van der Waals surface area (Å²) in [5.41, 5.74) is 5.61. The summed E-state index contributed by atoms with van der Waals surface area (Å²) >= 11 is 0. The van der Waals surface area contributed by atoms with Gasteiger partial charge in [0.2, 0.25) is 5.91 Å². The molecule has 0 radical (unpaired) electrons. The van der Waals surface area contributed by atoms with Crippen molar-refractivity contribution < 1.29 is 13.6 Å². The topological polar surface area (TPSA) is 55.1 Å². The fourth-order valence-corrected chi connectivity index (χ4v) is 2.01. The predicted molar refractivity (Wildman–Crippen MR) is 71.8 cm³/mol. The van der Waals surface area contributed by atoms with E-state index in [0.29, 0.717) is 0 Å². The first kappa shape index (κ1) is 14.1. The van der Waals surface area contributed by atoms with E-state index in [9.17, 15) is 13.6 Å². The number of amides is 1. The molecule has 5 heteroatoms. The maximum Gasteiger partial charge on any atom is 0.231 e. The van der Waals surface area contributed by atoms with Gasteiger partial charge in [-0.3, -0.25) is 10.1 Å². The van der Waals surface area contributed by atoms with Crippen molar-refractivity contribution >= 4 is 5.91 Å². The highest BCUT2D eigenvalue weighted by atomic mass is 19.1. The Kier molecular flexibility index (Phi) is 4.42. The molecule has 0 unspecified atom stereocenters. The second-order valence-corrected chi connectivity index (χ2v) is 4.32. The number of halogens is 2. The van der Waals surface area contributed by atoms with Gasteiger partial charge >= 0.3 is 0 Å². The number of hydrogen-bond acceptors (Lipinski definition) is 2. The number of primary amides is 1. The predicted octanol–water partition coefficient (Wildman–Crippen LogP) is 2.13. The smallest absolute Gasteiger partial charge is 0.231 e. The van der Waals surface area contributed by atoms with E-state index in [1.807, 2.05) is 0 Å². The van der Waals surface area contributed by atoms with Gasteiger partial charge < -0.3 is 5.73 Å². The number of nitrogens with one attached hydrogen (secondary N) is 1. The summed E-state index contributed by atoms with van der Waals surface area (Å²) in [6, 6.07) is 11.3. The van der Waals surface area contributed by atoms with Crippen LogP contribution in [0.15, 0.2) is 48.5 Å². The molecule has 0 aliphatic rings. The third kappa shape index (κ3) is 3.19. The third-order valence-corrected chi connectivity index (χ3v) is 2.91. The lowest BCUT2D eigenvalue weighted by Gasteiger charge is -2.20. The first-order chi connectivity index (χ1) is 9.59. The van der Waals surface area contributed by atoms with Gasteiger partial charge in [0, 0.05) is 11.1 Å². The summed E-state index contributed by atoms with van der Waals surface area (Å²) in [5, 5.41) is 2.78. The second kappa shape index (κ2) is 6.25. The molecule has 0 fully saturated rings. The van der Waals surface area contributed by atoms with E-state index in [0.717, 1.165) is 0 Å². The van der Waals surface area contributed by atoms with Crippen molar-refractivity contribution in [2.75, 3.05) is 6.54 Å². The van der Waals surface area contributed by atoms with Crippen LogP contribution in [0.4, 0.5) is 8.78 Å². The van der Waals surface area contributed by atoms with E-state index in [1.165, 1.54) is 12.1 Å². The summed E-state index contributed by atoms with van der Waals surface area (Å²) in [7, 11) is 0. The summed E-state index contributed by atoms with van der Waals surface area (Å²) in [5.74, 6) is -1.54. The minimum absolute atomic E-state index is 0.173. The molecule has 20 heavy (non-hydrogen) atoms. The lowest BCUT2D eigenvalue weighted by Crippen LogP contribution is -2.33. The Balaban J connectivity index is 2.42. The largest absolute Gasteiger partial charge is 0.369 e. The first-order valence-corrected chi connectivity index (χ1v) is 6.10. The van der Waals surface area contributed by atoms with Crippen molar-refractivity contribution in [3.05, 3.63) is 71.3 Å². The Labute approximate surface area is 115 Å². The quantitative estimate of drug-likeness (QED) is 0.879. The molecule has 2 aromatic carbocycles. The van der Waals surface area contributed by atoms with Crippen LogP contribution in [0.1, 0.15) is 17.2 Å². The van der Waals surface area contributed by atoms with E-state index in [2.05, 4.69) is 5.32 Å². The molecule has 2 rings (SSSR count). The highest BCUT2D eigenvalue weighted by Gasteiger charge is 2.20. The number of benzene rings is 2. The van der Waals surface area contributed by atoms with Gasteiger partial charge in [0.05, 0.1) is 12.6 Å². The number of carbonyl (C=O) groups excluding carboxylic acids is 1. The molecular weight excluding hydrogens is 262 g/mol. The zero-order valence-electron chi connectivity index (χ0n) is 10.6. The average Bonchev–Trinajstić information content (AvgIpc) is 2.42. The lowest BCUT2D eigenvalue weighted by atomic mass is 9.97. The maximum atomic E-state index is 13.9. The summed E-state index contributed by atoms with van der Waals surface area (Å²) in [4.78, 5) is 10.9. The number of rotatable bonds is 5. The minimum atomic E-state index is -0.773. The standard InChI is InChI=1S/C15H14F2N2O/c16-12-7-3-1-5-10(12)15(19-9-14(18)20)11-6-2-4-8-13(11)17/h1-8,15,19H,9H2,(H2,18,20). The Morgan fingerprint density at radius 3 is 1.85 bits per heavy atom. The fraction of sp³-hybridized carbons (Fsp3) is 0.133. The number of hydrogen-bond donors (Lipinski definition) is 2. The van der Waals surface area contributed by atoms with E-state index < -0.39 is 23.6 Å². The van der Waals surface area contributed by atoms with Crippen molar-refractivity contribution in [1.82, 2.24) is 5.32 Å². The SMILES string of the molecule is NC(=O)CNC(c1ccccc1F)c1ccccc1F. The Morgan fingerprint density at radius 2 is 1.45 bits per heavy atom. The molecule has 1 amide bonds. The molecule has 3 N–H and O–H groups in total. The van der Waals surface area contributed by atoms with Crippen LogP contribution in [0.25, 0.3) is 0 Å². The molecule has 0 saturated heterocycles. The molecule has 0 aromatic heterocycles. The normalized spacial score (nSPS) is 10.8. The van der Waals surface area contributed by atoms with E-state index in [-0.39, 0.29) is 17.7 Å². The average molecular weight is 276 g/mol. The van der Waals surface area contributed by atoms with Crippen LogP contribution < -0.4 is 11.1 Å². The molecule has 0 bridgehead atoms. The third-order valence-electron chi connectivity index (χ3n) is 2.91. The van der Waals surface area contributed by atoms with Gasteiger partial charge in [-0.05, 0) is 12.1 Å². The van der Waals surface area contributed by atoms with Crippen LogP contribution in [0.5, 0.6) is 0 Å². The van der Waals surface area contributed by atoms with Crippen LogP contribution in [0.3, 0.4) is 0 Å². The molecule has 0 aliphatic heterocycles. The molecule has 0 aliphatic carbocycles. The van der Waals surface area contributed by atoms with Gasteiger partial charge in [-0.1, -0.05) is 36.4 Å². The molecule has 0 spiro atoms. The molecule has 104 valence electrons. The summed E-state index contributed by atoms with van der Waals surface area (Å²) in [6.45, 7) is -0.173. The van der Waals surface area contributed by atoms with E-state index in [1.54, 1.807) is 36.4 Å². The molecule has 0 heterocycles. The zero-order valence-corrected chi connectivity index (χ0v) is 10.6.